The number of benzene rings is 2. The zero-order valence-corrected chi connectivity index (χ0v) is 18.2. The molecule has 1 N–H and O–H groups in total. The Hall–Kier alpha value is -3.25. The molecule has 2 amide bonds. The molecule has 6 heteroatoms. The highest BCUT2D eigenvalue weighted by atomic mass is 79.9. The number of anilines is 1. The van der Waals surface area contributed by atoms with E-state index in [4.69, 9.17) is 0 Å². The average Bonchev–Trinajstić information content (AvgIpc) is 2.95. The maximum absolute atomic E-state index is 13.4. The highest BCUT2D eigenvalue weighted by Crippen LogP contribution is 2.32. The van der Waals surface area contributed by atoms with E-state index in [1.165, 1.54) is 4.90 Å². The molecule has 5 nitrogen and oxygen atoms in total. The molecular formula is C24H20BrN3O2. The van der Waals surface area contributed by atoms with E-state index >= 15 is 0 Å². The van der Waals surface area contributed by atoms with Crippen molar-refractivity contribution >= 4 is 39.0 Å². The van der Waals surface area contributed by atoms with Gasteiger partial charge in [0.1, 0.15) is 5.70 Å². The van der Waals surface area contributed by atoms with E-state index in [0.29, 0.717) is 11.3 Å². The van der Waals surface area contributed by atoms with Crippen molar-refractivity contribution in [2.45, 2.75) is 20.4 Å². The van der Waals surface area contributed by atoms with Gasteiger partial charge in [0, 0.05) is 16.4 Å². The Morgan fingerprint density at radius 2 is 1.77 bits per heavy atom. The number of rotatable bonds is 5. The normalized spacial score (nSPS) is 13.9. The van der Waals surface area contributed by atoms with Crippen LogP contribution in [0.5, 0.6) is 0 Å². The quantitative estimate of drug-likeness (QED) is 0.551. The molecule has 0 spiro atoms. The summed E-state index contributed by atoms with van der Waals surface area (Å²) in [5.41, 5.74) is 4.94. The van der Waals surface area contributed by atoms with Crippen LogP contribution in [0.25, 0.3) is 5.57 Å². The fourth-order valence-electron chi connectivity index (χ4n) is 3.36. The monoisotopic (exact) mass is 461 g/mol. The molecule has 4 rings (SSSR count). The average molecular weight is 462 g/mol. The van der Waals surface area contributed by atoms with Gasteiger partial charge < -0.3 is 5.32 Å². The molecule has 2 heterocycles. The van der Waals surface area contributed by atoms with Gasteiger partial charge in [-0.2, -0.15) is 0 Å². The van der Waals surface area contributed by atoms with Crippen LogP contribution >= 0.6 is 15.9 Å². The van der Waals surface area contributed by atoms with Crippen LogP contribution in [0.1, 0.15) is 22.4 Å². The molecule has 30 heavy (non-hydrogen) atoms. The molecule has 1 aromatic heterocycles. The van der Waals surface area contributed by atoms with Crippen molar-refractivity contribution in [3.8, 4) is 0 Å². The predicted octanol–water partition coefficient (Wildman–Crippen LogP) is 4.85. The van der Waals surface area contributed by atoms with Crippen LogP contribution in [0, 0.1) is 13.8 Å². The van der Waals surface area contributed by atoms with Crippen LogP contribution in [0.4, 0.5) is 5.69 Å². The third kappa shape index (κ3) is 3.91. The lowest BCUT2D eigenvalue weighted by Gasteiger charge is -2.15. The van der Waals surface area contributed by atoms with Gasteiger partial charge in [-0.05, 0) is 60.9 Å². The first kappa shape index (κ1) is 20.0. The largest absolute Gasteiger partial charge is 0.350 e. The Balaban J connectivity index is 1.77. The molecule has 0 aliphatic carbocycles. The summed E-state index contributed by atoms with van der Waals surface area (Å²) in [7, 11) is 0. The smallest absolute Gasteiger partial charge is 0.278 e. The van der Waals surface area contributed by atoms with E-state index in [1.807, 2.05) is 62.4 Å². The van der Waals surface area contributed by atoms with Crippen molar-refractivity contribution < 1.29 is 9.59 Å². The van der Waals surface area contributed by atoms with Gasteiger partial charge in [-0.25, -0.2) is 0 Å². The lowest BCUT2D eigenvalue weighted by molar-refractivity contribution is -0.137. The molecule has 0 fully saturated rings. The number of carbonyl (C=O) groups excluding carboxylic acids is 2. The van der Waals surface area contributed by atoms with Crippen molar-refractivity contribution in [2.24, 2.45) is 0 Å². The first-order chi connectivity index (χ1) is 14.4. The van der Waals surface area contributed by atoms with Crippen molar-refractivity contribution in [3.05, 3.63) is 99.4 Å². The summed E-state index contributed by atoms with van der Waals surface area (Å²) < 4.78 is 0.878. The van der Waals surface area contributed by atoms with Gasteiger partial charge in [-0.1, -0.05) is 46.3 Å². The minimum absolute atomic E-state index is 0.122. The fraction of sp³-hybridized carbons (Fsp3) is 0.125. The molecule has 0 radical (unpaired) electrons. The third-order valence-corrected chi connectivity index (χ3v) is 5.60. The van der Waals surface area contributed by atoms with E-state index in [9.17, 15) is 9.59 Å². The van der Waals surface area contributed by atoms with Crippen molar-refractivity contribution in [1.29, 1.82) is 0 Å². The number of aromatic nitrogens is 1. The Bertz CT molecular complexity index is 1170. The number of hydrogen-bond donors (Lipinski definition) is 1. The van der Waals surface area contributed by atoms with E-state index in [2.05, 4.69) is 26.2 Å². The second-order valence-electron chi connectivity index (χ2n) is 7.20. The van der Waals surface area contributed by atoms with Crippen molar-refractivity contribution in [3.63, 3.8) is 0 Å². The van der Waals surface area contributed by atoms with Gasteiger partial charge in [-0.15, -0.1) is 0 Å². The van der Waals surface area contributed by atoms with E-state index in [0.717, 1.165) is 26.9 Å². The highest BCUT2D eigenvalue weighted by Gasteiger charge is 2.39. The standard InChI is InChI=1S/C24H20BrN3O2/c1-15-9-10-17(12-16(15)2)21-22(27-19-8-5-6-18(25)13-19)24(30)28(23(21)29)14-20-7-3-4-11-26-20/h3-13,27H,14H2,1-2H3. The summed E-state index contributed by atoms with van der Waals surface area (Å²) in [5, 5.41) is 3.18. The maximum atomic E-state index is 13.4. The van der Waals surface area contributed by atoms with Crippen LogP contribution < -0.4 is 5.32 Å². The van der Waals surface area contributed by atoms with Gasteiger partial charge in [0.15, 0.2) is 0 Å². The zero-order chi connectivity index (χ0) is 21.3. The van der Waals surface area contributed by atoms with Crippen molar-refractivity contribution in [2.75, 3.05) is 5.32 Å². The number of nitrogens with one attached hydrogen (secondary N) is 1. The summed E-state index contributed by atoms with van der Waals surface area (Å²) in [6.07, 6.45) is 1.65. The minimum atomic E-state index is -0.362. The van der Waals surface area contributed by atoms with Gasteiger partial charge >= 0.3 is 0 Å². The predicted molar refractivity (Wildman–Crippen MR) is 120 cm³/mol. The molecule has 2 aromatic carbocycles. The molecule has 0 bridgehead atoms. The molecule has 0 unspecified atom stereocenters. The number of hydrogen-bond acceptors (Lipinski definition) is 4. The fourth-order valence-corrected chi connectivity index (χ4v) is 3.76. The molecule has 0 saturated heterocycles. The second kappa shape index (κ2) is 8.24. The summed E-state index contributed by atoms with van der Waals surface area (Å²) in [5.74, 6) is -0.690. The topological polar surface area (TPSA) is 62.3 Å². The molecule has 3 aromatic rings. The number of aryl methyl sites for hydroxylation is 2. The van der Waals surface area contributed by atoms with Gasteiger partial charge in [0.2, 0.25) is 0 Å². The van der Waals surface area contributed by atoms with Crippen LogP contribution in [-0.4, -0.2) is 21.7 Å². The van der Waals surface area contributed by atoms with Gasteiger partial charge in [0.25, 0.3) is 11.8 Å². The van der Waals surface area contributed by atoms with E-state index < -0.39 is 0 Å². The van der Waals surface area contributed by atoms with Crippen molar-refractivity contribution in [1.82, 2.24) is 9.88 Å². The SMILES string of the molecule is Cc1ccc(C2=C(Nc3cccc(Br)c3)C(=O)N(Cc3ccccn3)C2=O)cc1C. The molecule has 0 saturated carbocycles. The second-order valence-corrected chi connectivity index (χ2v) is 8.12. The lowest BCUT2D eigenvalue weighted by Crippen LogP contribution is -2.32. The highest BCUT2D eigenvalue weighted by molar-refractivity contribution is 9.10. The molecule has 1 aliphatic heterocycles. The number of nitrogens with zero attached hydrogens (tertiary/aromatic N) is 2. The Kier molecular flexibility index (Phi) is 5.50. The Labute approximate surface area is 183 Å². The number of imide groups is 1. The molecule has 1 aliphatic rings. The number of amides is 2. The molecule has 0 atom stereocenters. The van der Waals surface area contributed by atoms with Crippen LogP contribution in [-0.2, 0) is 16.1 Å². The molecular weight excluding hydrogens is 442 g/mol. The number of pyridine rings is 1. The van der Waals surface area contributed by atoms with Crippen LogP contribution in [0.15, 0.2) is 77.0 Å². The first-order valence-corrected chi connectivity index (χ1v) is 10.3. The molecule has 150 valence electrons. The number of halogens is 1. The maximum Gasteiger partial charge on any atom is 0.278 e. The van der Waals surface area contributed by atoms with E-state index in [-0.39, 0.29) is 24.1 Å². The van der Waals surface area contributed by atoms with Gasteiger partial charge in [0.05, 0.1) is 17.8 Å². The van der Waals surface area contributed by atoms with Gasteiger partial charge in [-0.3, -0.25) is 19.5 Å². The minimum Gasteiger partial charge on any atom is -0.350 e. The zero-order valence-electron chi connectivity index (χ0n) is 16.6. The van der Waals surface area contributed by atoms with E-state index in [1.54, 1.807) is 18.3 Å². The summed E-state index contributed by atoms with van der Waals surface area (Å²) >= 11 is 3.45. The lowest BCUT2D eigenvalue weighted by atomic mass is 9.99. The third-order valence-electron chi connectivity index (χ3n) is 5.10. The Morgan fingerprint density at radius 3 is 2.47 bits per heavy atom. The van der Waals surface area contributed by atoms with Crippen LogP contribution in [0.3, 0.4) is 0 Å². The summed E-state index contributed by atoms with van der Waals surface area (Å²) in [4.78, 5) is 32.2. The summed E-state index contributed by atoms with van der Waals surface area (Å²) in [6.45, 7) is 4.13. The summed E-state index contributed by atoms with van der Waals surface area (Å²) in [6, 6.07) is 18.7. The van der Waals surface area contributed by atoms with Crippen LogP contribution in [0.2, 0.25) is 0 Å². The first-order valence-electron chi connectivity index (χ1n) is 9.54. The Morgan fingerprint density at radius 1 is 0.933 bits per heavy atom. The number of carbonyl (C=O) groups is 2.